The quantitative estimate of drug-likeness (QED) is 0.811. The average molecular weight is 296 g/mol. The van der Waals surface area contributed by atoms with Crippen molar-refractivity contribution in [3.05, 3.63) is 4.88 Å². The van der Waals surface area contributed by atoms with Crippen molar-refractivity contribution in [2.75, 3.05) is 30.3 Å². The van der Waals surface area contributed by atoms with E-state index in [9.17, 15) is 4.79 Å². The van der Waals surface area contributed by atoms with Crippen LogP contribution in [0.5, 0.6) is 0 Å². The molecule has 0 aliphatic heterocycles. The monoisotopic (exact) mass is 296 g/mol. The van der Waals surface area contributed by atoms with Gasteiger partial charge in [0, 0.05) is 19.6 Å². The van der Waals surface area contributed by atoms with Gasteiger partial charge in [0.1, 0.15) is 10.7 Å². The molecule has 0 aromatic carbocycles. The van der Waals surface area contributed by atoms with E-state index in [1.54, 1.807) is 0 Å². The highest BCUT2D eigenvalue weighted by atomic mass is 32.1. The predicted octanol–water partition coefficient (Wildman–Crippen LogP) is 2.49. The predicted molar refractivity (Wildman–Crippen MR) is 84.4 cm³/mol. The largest absolute Gasteiger partial charge is 0.382 e. The molecule has 2 rings (SSSR count). The number of thiazole rings is 1. The summed E-state index contributed by atoms with van der Waals surface area (Å²) < 4.78 is 0. The second kappa shape index (κ2) is 5.99. The topological polar surface area (TPSA) is 71.2 Å². The molecule has 6 heteroatoms. The molecule has 112 valence electrons. The molecule has 1 aliphatic carbocycles. The highest BCUT2D eigenvalue weighted by molar-refractivity contribution is 7.18. The number of nitrogens with one attached hydrogen (secondary N) is 1. The first-order valence-corrected chi connectivity index (χ1v) is 8.16. The van der Waals surface area contributed by atoms with E-state index in [2.05, 4.69) is 36.0 Å². The standard InChI is InChI=1S/C14H24N4OS/c1-4-14(7-8-14)9-16-12(19)10-11(15)17-13(20-10)18(5-2)6-3/h4-9,15H2,1-3H3,(H,16,19). The van der Waals surface area contributed by atoms with Crippen molar-refractivity contribution in [1.29, 1.82) is 0 Å². The highest BCUT2D eigenvalue weighted by Gasteiger charge is 2.40. The van der Waals surface area contributed by atoms with Gasteiger partial charge in [-0.05, 0) is 38.5 Å². The summed E-state index contributed by atoms with van der Waals surface area (Å²) in [5.41, 5.74) is 6.23. The van der Waals surface area contributed by atoms with E-state index in [1.807, 2.05) is 0 Å². The summed E-state index contributed by atoms with van der Waals surface area (Å²) in [7, 11) is 0. The third-order valence-electron chi connectivity index (χ3n) is 4.21. The van der Waals surface area contributed by atoms with E-state index in [4.69, 9.17) is 5.73 Å². The fourth-order valence-corrected chi connectivity index (χ4v) is 3.32. The molecule has 0 bridgehead atoms. The second-order valence-electron chi connectivity index (χ2n) is 5.42. The van der Waals surface area contributed by atoms with Crippen molar-refractivity contribution in [2.24, 2.45) is 5.41 Å². The zero-order valence-corrected chi connectivity index (χ0v) is 13.3. The van der Waals surface area contributed by atoms with Crippen molar-refractivity contribution >= 4 is 28.2 Å². The number of hydrogen-bond donors (Lipinski definition) is 2. The first-order valence-electron chi connectivity index (χ1n) is 7.34. The SMILES string of the molecule is CCN(CC)c1nc(N)c(C(=O)NCC2(CC)CC2)s1. The lowest BCUT2D eigenvalue weighted by Gasteiger charge is -2.16. The number of aromatic nitrogens is 1. The second-order valence-corrected chi connectivity index (χ2v) is 6.40. The normalized spacial score (nSPS) is 15.9. The molecule has 1 heterocycles. The number of rotatable bonds is 7. The molecule has 20 heavy (non-hydrogen) atoms. The third-order valence-corrected chi connectivity index (χ3v) is 5.34. The summed E-state index contributed by atoms with van der Waals surface area (Å²) in [6.45, 7) is 8.80. The van der Waals surface area contributed by atoms with Gasteiger partial charge in [0.05, 0.1) is 0 Å². The van der Waals surface area contributed by atoms with Crippen molar-refractivity contribution in [3.8, 4) is 0 Å². The Bertz CT molecular complexity index is 478. The molecule has 0 unspecified atom stereocenters. The van der Waals surface area contributed by atoms with Crippen LogP contribution in [0.4, 0.5) is 10.9 Å². The maximum Gasteiger partial charge on any atom is 0.265 e. The highest BCUT2D eigenvalue weighted by Crippen LogP contribution is 2.47. The zero-order valence-electron chi connectivity index (χ0n) is 12.5. The molecule has 3 N–H and O–H groups in total. The smallest absolute Gasteiger partial charge is 0.265 e. The summed E-state index contributed by atoms with van der Waals surface area (Å²) in [6, 6.07) is 0. The lowest BCUT2D eigenvalue weighted by atomic mass is 10.0. The number of nitrogen functional groups attached to an aromatic ring is 1. The van der Waals surface area contributed by atoms with E-state index >= 15 is 0 Å². The molecule has 1 saturated carbocycles. The molecule has 1 amide bonds. The molecule has 0 spiro atoms. The maximum absolute atomic E-state index is 12.2. The molecule has 1 aliphatic rings. The fourth-order valence-electron chi connectivity index (χ4n) is 2.29. The Balaban J connectivity index is 2.02. The molecule has 5 nitrogen and oxygen atoms in total. The molecular weight excluding hydrogens is 272 g/mol. The lowest BCUT2D eigenvalue weighted by molar-refractivity contribution is 0.0949. The van der Waals surface area contributed by atoms with Crippen molar-refractivity contribution in [1.82, 2.24) is 10.3 Å². The number of carbonyl (C=O) groups is 1. The van der Waals surface area contributed by atoms with Crippen LogP contribution in [0.3, 0.4) is 0 Å². The number of nitrogens with zero attached hydrogens (tertiary/aromatic N) is 2. The van der Waals surface area contributed by atoms with Gasteiger partial charge in [0.15, 0.2) is 5.13 Å². The molecule has 1 fully saturated rings. The molecule has 0 saturated heterocycles. The van der Waals surface area contributed by atoms with Gasteiger partial charge >= 0.3 is 0 Å². The summed E-state index contributed by atoms with van der Waals surface area (Å²) in [4.78, 5) is 19.2. The van der Waals surface area contributed by atoms with Crippen LogP contribution < -0.4 is 16.0 Å². The van der Waals surface area contributed by atoms with Gasteiger partial charge in [0.25, 0.3) is 5.91 Å². The summed E-state index contributed by atoms with van der Waals surface area (Å²) in [5.74, 6) is 0.258. The molecular formula is C14H24N4OS. The van der Waals surface area contributed by atoms with Gasteiger partial charge in [-0.3, -0.25) is 4.79 Å². The lowest BCUT2D eigenvalue weighted by Crippen LogP contribution is -2.29. The van der Waals surface area contributed by atoms with E-state index in [1.165, 1.54) is 24.2 Å². The Hall–Kier alpha value is -1.30. The minimum absolute atomic E-state index is 0.0851. The van der Waals surface area contributed by atoms with Crippen LogP contribution in [0, 0.1) is 5.41 Å². The van der Waals surface area contributed by atoms with Crippen LogP contribution in [0.15, 0.2) is 0 Å². The zero-order chi connectivity index (χ0) is 14.8. The van der Waals surface area contributed by atoms with Gasteiger partial charge < -0.3 is 16.0 Å². The fraction of sp³-hybridized carbons (Fsp3) is 0.714. The van der Waals surface area contributed by atoms with Crippen LogP contribution in [0.25, 0.3) is 0 Å². The molecule has 0 atom stereocenters. The maximum atomic E-state index is 12.2. The minimum Gasteiger partial charge on any atom is -0.382 e. The average Bonchev–Trinajstić information content (AvgIpc) is 3.14. The molecule has 1 aromatic heterocycles. The van der Waals surface area contributed by atoms with E-state index < -0.39 is 0 Å². The summed E-state index contributed by atoms with van der Waals surface area (Å²) >= 11 is 1.38. The number of anilines is 2. The Morgan fingerprint density at radius 3 is 2.55 bits per heavy atom. The minimum atomic E-state index is -0.0851. The van der Waals surface area contributed by atoms with Gasteiger partial charge in [0.2, 0.25) is 0 Å². The van der Waals surface area contributed by atoms with Crippen molar-refractivity contribution in [3.63, 3.8) is 0 Å². The van der Waals surface area contributed by atoms with Crippen LogP contribution in [0.2, 0.25) is 0 Å². The van der Waals surface area contributed by atoms with Gasteiger partial charge in [-0.15, -0.1) is 0 Å². The van der Waals surface area contributed by atoms with Crippen molar-refractivity contribution < 1.29 is 4.79 Å². The van der Waals surface area contributed by atoms with Crippen LogP contribution >= 0.6 is 11.3 Å². The van der Waals surface area contributed by atoms with Crippen LogP contribution in [0.1, 0.15) is 49.7 Å². The van der Waals surface area contributed by atoms with E-state index in [-0.39, 0.29) is 5.91 Å². The van der Waals surface area contributed by atoms with Crippen molar-refractivity contribution in [2.45, 2.75) is 40.0 Å². The first kappa shape index (κ1) is 15.1. The number of hydrogen-bond acceptors (Lipinski definition) is 5. The Morgan fingerprint density at radius 1 is 1.40 bits per heavy atom. The molecule has 0 radical (unpaired) electrons. The Morgan fingerprint density at radius 2 is 2.05 bits per heavy atom. The summed E-state index contributed by atoms with van der Waals surface area (Å²) in [5, 5.41) is 3.84. The molecule has 1 aromatic rings. The van der Waals surface area contributed by atoms with E-state index in [0.29, 0.717) is 16.1 Å². The first-order chi connectivity index (χ1) is 9.55. The number of amides is 1. The van der Waals surface area contributed by atoms with Gasteiger partial charge in [-0.2, -0.15) is 0 Å². The number of nitrogens with two attached hydrogens (primary N) is 1. The van der Waals surface area contributed by atoms with E-state index in [0.717, 1.165) is 31.2 Å². The van der Waals surface area contributed by atoms with Gasteiger partial charge in [-0.25, -0.2) is 4.98 Å². The Labute approximate surface area is 124 Å². The van der Waals surface area contributed by atoms with Gasteiger partial charge in [-0.1, -0.05) is 18.3 Å². The van der Waals surface area contributed by atoms with Crippen LogP contribution in [-0.4, -0.2) is 30.5 Å². The summed E-state index contributed by atoms with van der Waals surface area (Å²) in [6.07, 6.45) is 3.55. The Kier molecular flexibility index (Phi) is 4.52. The number of carbonyl (C=O) groups excluding carboxylic acids is 1. The van der Waals surface area contributed by atoms with Crippen LogP contribution in [-0.2, 0) is 0 Å². The third kappa shape index (κ3) is 3.06.